The third-order valence-electron chi connectivity index (χ3n) is 2.45. The monoisotopic (exact) mass is 242 g/mol. The number of aliphatic hydroxyl groups excluding tert-OH is 1. The van der Waals surface area contributed by atoms with Crippen molar-refractivity contribution in [3.05, 3.63) is 33.8 Å². The van der Waals surface area contributed by atoms with Crippen LogP contribution in [0, 0.1) is 13.8 Å². The van der Waals surface area contributed by atoms with Crippen molar-refractivity contribution in [1.82, 2.24) is 0 Å². The van der Waals surface area contributed by atoms with Gasteiger partial charge in [-0.05, 0) is 43.5 Å². The number of halogens is 1. The van der Waals surface area contributed by atoms with Crippen molar-refractivity contribution in [2.45, 2.75) is 26.9 Å². The molecule has 1 rings (SSSR count). The molecule has 0 aliphatic rings. The van der Waals surface area contributed by atoms with Crippen molar-refractivity contribution in [1.29, 1.82) is 0 Å². The average Bonchev–Trinajstić information content (AvgIpc) is 2.24. The smallest absolute Gasteiger partial charge is 0.339 e. The molecular formula is C12H15ClO3. The molecule has 0 aromatic heterocycles. The first-order valence-electron chi connectivity index (χ1n) is 5.08. The zero-order valence-corrected chi connectivity index (χ0v) is 10.3. The molecule has 0 amide bonds. The number of hydrogen-bond acceptors (Lipinski definition) is 3. The molecule has 1 atom stereocenters. The molecule has 0 bridgehead atoms. The van der Waals surface area contributed by atoms with E-state index >= 15 is 0 Å². The van der Waals surface area contributed by atoms with E-state index in [-0.39, 0.29) is 6.61 Å². The number of carbonyl (C=O) groups excluding carboxylic acids is 1. The highest BCUT2D eigenvalue weighted by Crippen LogP contribution is 2.25. The van der Waals surface area contributed by atoms with Crippen molar-refractivity contribution in [3.63, 3.8) is 0 Å². The molecule has 3 nitrogen and oxygen atoms in total. The summed E-state index contributed by atoms with van der Waals surface area (Å²) in [6, 6.07) is 3.33. The van der Waals surface area contributed by atoms with Crippen molar-refractivity contribution in [2.75, 3.05) is 6.61 Å². The number of benzene rings is 1. The van der Waals surface area contributed by atoms with Gasteiger partial charge in [-0.1, -0.05) is 17.7 Å². The molecule has 1 aromatic rings. The van der Waals surface area contributed by atoms with E-state index in [9.17, 15) is 9.90 Å². The van der Waals surface area contributed by atoms with Crippen LogP contribution < -0.4 is 0 Å². The molecular weight excluding hydrogens is 228 g/mol. The van der Waals surface area contributed by atoms with Crippen LogP contribution in [0.3, 0.4) is 0 Å². The first-order valence-corrected chi connectivity index (χ1v) is 5.46. The van der Waals surface area contributed by atoms with E-state index in [4.69, 9.17) is 16.3 Å². The van der Waals surface area contributed by atoms with E-state index < -0.39 is 12.1 Å². The van der Waals surface area contributed by atoms with E-state index in [0.29, 0.717) is 10.6 Å². The Labute approximate surface area is 100.0 Å². The number of hydrogen-bond donors (Lipinski definition) is 1. The minimum Gasteiger partial charge on any atom is -0.464 e. The Morgan fingerprint density at radius 1 is 1.50 bits per heavy atom. The van der Waals surface area contributed by atoms with Crippen molar-refractivity contribution >= 4 is 17.6 Å². The summed E-state index contributed by atoms with van der Waals surface area (Å²) in [5, 5.41) is 10.3. The molecule has 0 spiro atoms. The molecule has 1 aromatic carbocycles. The molecule has 0 aliphatic heterocycles. The van der Waals surface area contributed by atoms with Gasteiger partial charge in [-0.15, -0.1) is 0 Å². The lowest BCUT2D eigenvalue weighted by atomic mass is 10.0. The van der Waals surface area contributed by atoms with Gasteiger partial charge in [0.1, 0.15) is 0 Å². The molecule has 0 aliphatic carbocycles. The predicted octanol–water partition coefficient (Wildman–Crippen LogP) is 2.55. The molecule has 0 saturated heterocycles. The molecule has 0 fully saturated rings. The van der Waals surface area contributed by atoms with E-state index in [1.807, 2.05) is 13.8 Å². The normalized spacial score (nSPS) is 12.3. The molecule has 16 heavy (non-hydrogen) atoms. The Morgan fingerprint density at radius 2 is 2.12 bits per heavy atom. The van der Waals surface area contributed by atoms with Crippen LogP contribution in [0.2, 0.25) is 5.02 Å². The van der Waals surface area contributed by atoms with Crippen molar-refractivity contribution in [3.8, 4) is 0 Å². The Bertz CT molecular complexity index is 378. The fraction of sp³-hybridized carbons (Fsp3) is 0.417. The average molecular weight is 243 g/mol. The second-order valence-electron chi connectivity index (χ2n) is 3.60. The zero-order chi connectivity index (χ0) is 12.3. The summed E-state index contributed by atoms with van der Waals surface area (Å²) in [4.78, 5) is 11.3. The number of aliphatic hydroxyl groups is 1. The van der Waals surface area contributed by atoms with Gasteiger partial charge in [0.15, 0.2) is 6.10 Å². The highest BCUT2D eigenvalue weighted by molar-refractivity contribution is 6.31. The fourth-order valence-electron chi connectivity index (χ4n) is 1.36. The summed E-state index contributed by atoms with van der Waals surface area (Å²) in [7, 11) is 0. The summed E-state index contributed by atoms with van der Waals surface area (Å²) in [6.45, 7) is 5.70. The Kier molecular flexibility index (Phi) is 4.33. The third-order valence-corrected chi connectivity index (χ3v) is 2.84. The van der Waals surface area contributed by atoms with Gasteiger partial charge in [0.05, 0.1) is 6.61 Å². The van der Waals surface area contributed by atoms with E-state index in [0.717, 1.165) is 11.1 Å². The van der Waals surface area contributed by atoms with Crippen molar-refractivity contribution in [2.24, 2.45) is 0 Å². The van der Waals surface area contributed by atoms with Crippen LogP contribution in [0.15, 0.2) is 12.1 Å². The molecule has 1 N–H and O–H groups in total. The van der Waals surface area contributed by atoms with Crippen LogP contribution in [-0.4, -0.2) is 17.7 Å². The molecule has 0 radical (unpaired) electrons. The summed E-state index contributed by atoms with van der Waals surface area (Å²) >= 11 is 5.98. The molecule has 4 heteroatoms. The van der Waals surface area contributed by atoms with Crippen LogP contribution in [0.25, 0.3) is 0 Å². The maximum absolute atomic E-state index is 11.3. The molecule has 0 saturated carbocycles. The standard InChI is InChI=1S/C12H15ClO3/c1-4-16-12(15)11(14)9-5-7(2)8(3)10(13)6-9/h5-6,11,14H,4H2,1-3H3. The number of ether oxygens (including phenoxy) is 1. The third kappa shape index (κ3) is 2.74. The van der Waals surface area contributed by atoms with Gasteiger partial charge in [-0.25, -0.2) is 4.79 Å². The summed E-state index contributed by atoms with van der Waals surface area (Å²) in [5.74, 6) is -0.651. The van der Waals surface area contributed by atoms with Gasteiger partial charge in [-0.3, -0.25) is 0 Å². The Balaban J connectivity index is 3.01. The van der Waals surface area contributed by atoms with Gasteiger partial charge < -0.3 is 9.84 Å². The van der Waals surface area contributed by atoms with Gasteiger partial charge in [0.25, 0.3) is 0 Å². The van der Waals surface area contributed by atoms with Gasteiger partial charge >= 0.3 is 5.97 Å². The molecule has 88 valence electrons. The van der Waals surface area contributed by atoms with Gasteiger partial charge in [0, 0.05) is 5.02 Å². The minimum absolute atomic E-state index is 0.245. The van der Waals surface area contributed by atoms with Crippen LogP contribution in [0.4, 0.5) is 0 Å². The van der Waals surface area contributed by atoms with E-state index in [2.05, 4.69) is 0 Å². The Morgan fingerprint density at radius 3 is 2.62 bits per heavy atom. The number of aryl methyl sites for hydroxylation is 1. The van der Waals surface area contributed by atoms with Gasteiger partial charge in [0.2, 0.25) is 0 Å². The van der Waals surface area contributed by atoms with E-state index in [1.54, 1.807) is 19.1 Å². The zero-order valence-electron chi connectivity index (χ0n) is 9.58. The second kappa shape index (κ2) is 5.32. The number of rotatable bonds is 3. The first kappa shape index (κ1) is 13.0. The lowest BCUT2D eigenvalue weighted by Gasteiger charge is -2.12. The largest absolute Gasteiger partial charge is 0.464 e. The minimum atomic E-state index is -1.27. The maximum Gasteiger partial charge on any atom is 0.339 e. The highest BCUT2D eigenvalue weighted by atomic mass is 35.5. The fourth-order valence-corrected chi connectivity index (χ4v) is 1.63. The molecule has 1 unspecified atom stereocenters. The summed E-state index contributed by atoms with van der Waals surface area (Å²) < 4.78 is 4.74. The maximum atomic E-state index is 11.3. The SMILES string of the molecule is CCOC(=O)C(O)c1cc(C)c(C)c(Cl)c1. The van der Waals surface area contributed by atoms with Crippen molar-refractivity contribution < 1.29 is 14.6 Å². The summed E-state index contributed by atoms with van der Waals surface area (Å²) in [6.07, 6.45) is -1.27. The lowest BCUT2D eigenvalue weighted by Crippen LogP contribution is -2.15. The predicted molar refractivity (Wildman–Crippen MR) is 62.5 cm³/mol. The molecule has 0 heterocycles. The highest BCUT2D eigenvalue weighted by Gasteiger charge is 2.19. The van der Waals surface area contributed by atoms with Crippen LogP contribution >= 0.6 is 11.6 Å². The second-order valence-corrected chi connectivity index (χ2v) is 4.01. The topological polar surface area (TPSA) is 46.5 Å². The quantitative estimate of drug-likeness (QED) is 0.829. The summed E-state index contributed by atoms with van der Waals surface area (Å²) in [5.41, 5.74) is 2.35. The van der Waals surface area contributed by atoms with Crippen LogP contribution in [0.5, 0.6) is 0 Å². The first-order chi connectivity index (χ1) is 7.47. The number of carbonyl (C=O) groups is 1. The number of esters is 1. The Hall–Kier alpha value is -1.06. The van der Waals surface area contributed by atoms with Crippen LogP contribution in [-0.2, 0) is 9.53 Å². The van der Waals surface area contributed by atoms with Gasteiger partial charge in [-0.2, -0.15) is 0 Å². The van der Waals surface area contributed by atoms with Crippen LogP contribution in [0.1, 0.15) is 29.7 Å². The lowest BCUT2D eigenvalue weighted by molar-refractivity contribution is -0.153. The van der Waals surface area contributed by atoms with E-state index in [1.165, 1.54) is 0 Å².